The summed E-state index contributed by atoms with van der Waals surface area (Å²) in [5.41, 5.74) is 1.90. The molecular formula is C25H29F6N3O7S. The number of rotatable bonds is 9. The van der Waals surface area contributed by atoms with Gasteiger partial charge >= 0.3 is 24.4 Å². The Kier molecular flexibility index (Phi) is 10.2. The minimum Gasteiger partial charge on any atom is -0.482 e. The Hall–Kier alpha value is -3.89. The van der Waals surface area contributed by atoms with Crippen molar-refractivity contribution in [1.82, 2.24) is 0 Å². The number of ether oxygens (including phenoxy) is 2. The van der Waals surface area contributed by atoms with E-state index in [0.717, 1.165) is 37.4 Å². The van der Waals surface area contributed by atoms with Crippen LogP contribution in [0.5, 0.6) is 5.75 Å². The van der Waals surface area contributed by atoms with E-state index in [2.05, 4.69) is 4.74 Å². The molecule has 1 amide bonds. The van der Waals surface area contributed by atoms with Gasteiger partial charge in [0.05, 0.1) is 29.0 Å². The van der Waals surface area contributed by atoms with Gasteiger partial charge in [-0.25, -0.2) is 13.2 Å². The summed E-state index contributed by atoms with van der Waals surface area (Å²) in [4.78, 5) is 22.5. The number of halogens is 6. The third-order valence-electron chi connectivity index (χ3n) is 5.91. The molecule has 4 N–H and O–H groups in total. The molecule has 0 bridgehead atoms. The first kappa shape index (κ1) is 34.3. The fraction of sp³-hybridized carbons (Fsp3) is 0.440. The van der Waals surface area contributed by atoms with E-state index in [9.17, 15) is 44.3 Å². The molecule has 0 saturated heterocycles. The van der Waals surface area contributed by atoms with Crippen LogP contribution in [0.3, 0.4) is 0 Å². The van der Waals surface area contributed by atoms with Gasteiger partial charge < -0.3 is 20.3 Å². The van der Waals surface area contributed by atoms with Gasteiger partial charge in [-0.3, -0.25) is 14.4 Å². The summed E-state index contributed by atoms with van der Waals surface area (Å²) in [7, 11) is -4.83. The first-order chi connectivity index (χ1) is 19.1. The van der Waals surface area contributed by atoms with Crippen LogP contribution < -0.4 is 20.1 Å². The second kappa shape index (κ2) is 12.5. The van der Waals surface area contributed by atoms with Crippen LogP contribution in [-0.4, -0.2) is 56.2 Å². The average molecular weight is 630 g/mol. The first-order valence-electron chi connectivity index (χ1n) is 12.1. The fourth-order valence-electron chi connectivity index (χ4n) is 3.28. The average Bonchev–Trinajstić information content (AvgIpc) is 2.84. The van der Waals surface area contributed by atoms with E-state index < -0.39 is 69.4 Å². The number of allylic oxidation sites excluding steroid dienone is 2. The smallest absolute Gasteiger partial charge is 0.427 e. The van der Waals surface area contributed by atoms with Gasteiger partial charge in [0.15, 0.2) is 0 Å². The number of aliphatic carboxylic acids is 1. The normalized spacial score (nSPS) is 18.4. The van der Waals surface area contributed by atoms with Crippen molar-refractivity contribution in [2.45, 2.75) is 51.8 Å². The van der Waals surface area contributed by atoms with Crippen molar-refractivity contribution in [3.05, 3.63) is 53.6 Å². The van der Waals surface area contributed by atoms with Gasteiger partial charge in [0, 0.05) is 5.69 Å². The Morgan fingerprint density at radius 1 is 1.19 bits per heavy atom. The minimum atomic E-state index is -4.91. The monoisotopic (exact) mass is 629 g/mol. The number of alkyl halides is 6. The Morgan fingerprint density at radius 3 is 2.33 bits per heavy atom. The number of sulfonamides is 1. The van der Waals surface area contributed by atoms with Crippen LogP contribution in [0.25, 0.3) is 0 Å². The Morgan fingerprint density at radius 2 is 1.81 bits per heavy atom. The topological polar surface area (TPSA) is 148 Å². The molecule has 0 radical (unpaired) electrons. The highest BCUT2D eigenvalue weighted by Crippen LogP contribution is 2.40. The molecule has 0 spiro atoms. The number of nitrogens with zero attached hydrogens (tertiary/aromatic N) is 1. The molecule has 234 valence electrons. The number of carboxylic acids is 1. The van der Waals surface area contributed by atoms with Crippen LogP contribution in [-0.2, 0) is 19.6 Å². The molecule has 0 aromatic heterocycles. The fourth-order valence-corrected chi connectivity index (χ4v) is 4.90. The number of nitrogens with two attached hydrogens (primary N) is 1. The number of hydrogen-bond acceptors (Lipinski definition) is 7. The molecule has 42 heavy (non-hydrogen) atoms. The lowest BCUT2D eigenvalue weighted by atomic mass is 10.1. The van der Waals surface area contributed by atoms with Crippen LogP contribution in [0.15, 0.2) is 53.6 Å². The Bertz CT molecular complexity index is 1370. The highest BCUT2D eigenvalue weighted by atomic mass is 32.2. The quantitative estimate of drug-likeness (QED) is 0.189. The highest BCUT2D eigenvalue weighted by molar-refractivity contribution is 7.96. The zero-order chi connectivity index (χ0) is 32.3. The largest absolute Gasteiger partial charge is 0.482 e. The van der Waals surface area contributed by atoms with Crippen LogP contribution in [0.4, 0.5) is 42.5 Å². The number of fused-ring (bicyclic) bond motifs is 1. The van der Waals surface area contributed by atoms with Gasteiger partial charge in [0.2, 0.25) is 5.60 Å². The second-order valence-electron chi connectivity index (χ2n) is 9.67. The van der Waals surface area contributed by atoms with E-state index in [1.165, 1.54) is 19.1 Å². The molecule has 0 fully saturated rings. The molecular weight excluding hydrogens is 600 g/mol. The SMILES string of the molecule is CC(/C=C(\C=C/N)S(=O)(=O)N1CC(/C=C/[C@H](C)C(=O)O)Oc2ccc(NC(=O)OC(C)(C)C(F)(F)F)cc21)C(F)(F)F. The maximum atomic E-state index is 13.7. The van der Waals surface area contributed by atoms with Crippen LogP contribution in [0.2, 0.25) is 0 Å². The molecule has 0 aliphatic carbocycles. The van der Waals surface area contributed by atoms with Crippen LogP contribution in [0.1, 0.15) is 27.7 Å². The van der Waals surface area contributed by atoms with Gasteiger partial charge in [0.1, 0.15) is 11.9 Å². The third-order valence-corrected chi connectivity index (χ3v) is 7.71. The lowest BCUT2D eigenvalue weighted by molar-refractivity contribution is -0.242. The number of carbonyl (C=O) groups is 2. The summed E-state index contributed by atoms with van der Waals surface area (Å²) in [6.45, 7) is 2.72. The minimum absolute atomic E-state index is 0.156. The van der Waals surface area contributed by atoms with Crippen molar-refractivity contribution in [2.75, 3.05) is 16.2 Å². The van der Waals surface area contributed by atoms with Crippen LogP contribution in [0, 0.1) is 11.8 Å². The lowest BCUT2D eigenvalue weighted by Crippen LogP contribution is -2.44. The molecule has 17 heteroatoms. The molecule has 3 atom stereocenters. The van der Waals surface area contributed by atoms with E-state index in [1.54, 1.807) is 0 Å². The molecule has 1 aromatic rings. The molecule has 10 nitrogen and oxygen atoms in total. The van der Waals surface area contributed by atoms with Gasteiger partial charge in [-0.15, -0.1) is 0 Å². The zero-order valence-corrected chi connectivity index (χ0v) is 23.5. The van der Waals surface area contributed by atoms with Gasteiger partial charge in [-0.05, 0) is 57.3 Å². The summed E-state index contributed by atoms with van der Waals surface area (Å²) in [6.07, 6.45) is -7.99. The number of carboxylic acid groups (broad SMARTS) is 1. The van der Waals surface area contributed by atoms with Gasteiger partial charge in [0.25, 0.3) is 10.0 Å². The molecule has 1 aliphatic heterocycles. The summed E-state index contributed by atoms with van der Waals surface area (Å²) < 4.78 is 117. The number of benzene rings is 1. The lowest BCUT2D eigenvalue weighted by Gasteiger charge is -2.35. The summed E-state index contributed by atoms with van der Waals surface area (Å²) in [5, 5.41) is 11.2. The van der Waals surface area contributed by atoms with Crippen LogP contribution >= 0.6 is 0 Å². The summed E-state index contributed by atoms with van der Waals surface area (Å²) in [6, 6.07) is 3.31. The van der Waals surface area contributed by atoms with E-state index in [0.29, 0.717) is 24.2 Å². The molecule has 0 saturated carbocycles. The second-order valence-corrected chi connectivity index (χ2v) is 11.5. The predicted molar refractivity (Wildman–Crippen MR) is 140 cm³/mol. The Balaban J connectivity index is 2.60. The molecule has 1 aromatic carbocycles. The van der Waals surface area contributed by atoms with E-state index >= 15 is 0 Å². The number of amides is 1. The maximum absolute atomic E-state index is 13.7. The van der Waals surface area contributed by atoms with Gasteiger partial charge in [-0.1, -0.05) is 19.1 Å². The van der Waals surface area contributed by atoms with E-state index in [1.807, 2.05) is 5.32 Å². The molecule has 2 unspecified atom stereocenters. The van der Waals surface area contributed by atoms with Gasteiger partial charge in [-0.2, -0.15) is 26.3 Å². The highest BCUT2D eigenvalue weighted by Gasteiger charge is 2.51. The predicted octanol–water partition coefficient (Wildman–Crippen LogP) is 5.30. The van der Waals surface area contributed by atoms with Crippen molar-refractivity contribution in [3.8, 4) is 5.75 Å². The molecule has 1 aliphatic rings. The third kappa shape index (κ3) is 8.33. The van der Waals surface area contributed by atoms with Crippen molar-refractivity contribution in [1.29, 1.82) is 0 Å². The molecule has 2 rings (SSSR count). The standard InChI is InChI=1S/C25H29F6N3O7S/c1-14(21(35)36)5-7-17-13-34(42(38,39)18(9-10-32)11-15(2)24(26,27)28)19-12-16(6-8-20(19)40-17)33-22(37)41-23(3,4)25(29,30)31/h5-12,14-15,17H,13,32H2,1-4H3,(H,33,37)(H,35,36)/b7-5+,10-9-,18-11+/t14-,15?,17?/m0/s1. The summed E-state index contributed by atoms with van der Waals surface area (Å²) in [5.74, 6) is -4.56. The van der Waals surface area contributed by atoms with E-state index in [4.69, 9.17) is 15.6 Å². The summed E-state index contributed by atoms with van der Waals surface area (Å²) >= 11 is 0. The Labute approximate surface area is 237 Å². The van der Waals surface area contributed by atoms with Crippen molar-refractivity contribution in [3.63, 3.8) is 0 Å². The van der Waals surface area contributed by atoms with Crippen molar-refractivity contribution in [2.24, 2.45) is 17.6 Å². The van der Waals surface area contributed by atoms with Crippen molar-refractivity contribution >= 4 is 33.5 Å². The zero-order valence-electron chi connectivity index (χ0n) is 22.7. The number of hydrogen-bond donors (Lipinski definition) is 3. The number of anilines is 2. The van der Waals surface area contributed by atoms with Crippen molar-refractivity contribution < 1.29 is 58.9 Å². The molecule has 1 heterocycles. The first-order valence-corrected chi connectivity index (χ1v) is 13.5. The maximum Gasteiger partial charge on any atom is 0.427 e. The number of carbonyl (C=O) groups excluding carboxylic acids is 1. The number of nitrogens with one attached hydrogen (secondary N) is 1. The van der Waals surface area contributed by atoms with E-state index in [-0.39, 0.29) is 17.1 Å².